The van der Waals surface area contributed by atoms with Crippen molar-refractivity contribution in [3.05, 3.63) is 42.1 Å². The van der Waals surface area contributed by atoms with E-state index in [9.17, 15) is 0 Å². The van der Waals surface area contributed by atoms with E-state index in [-0.39, 0.29) is 6.10 Å². The summed E-state index contributed by atoms with van der Waals surface area (Å²) in [7, 11) is 0. The van der Waals surface area contributed by atoms with Gasteiger partial charge in [0, 0.05) is 5.56 Å². The third-order valence-corrected chi connectivity index (χ3v) is 2.65. The molecule has 1 heterocycles. The summed E-state index contributed by atoms with van der Waals surface area (Å²) < 4.78 is 5.80. The van der Waals surface area contributed by atoms with E-state index in [0.717, 1.165) is 22.7 Å². The topological polar surface area (TPSA) is 48.1 Å². The molecule has 3 heteroatoms. The smallest absolute Gasteiger partial charge is 0.129 e. The second kappa shape index (κ2) is 5.08. The number of para-hydroxylation sites is 1. The van der Waals surface area contributed by atoms with Gasteiger partial charge in [0.15, 0.2) is 0 Å². The van der Waals surface area contributed by atoms with E-state index in [0.29, 0.717) is 5.69 Å². The van der Waals surface area contributed by atoms with E-state index in [1.807, 2.05) is 57.2 Å². The van der Waals surface area contributed by atoms with Gasteiger partial charge in [-0.2, -0.15) is 0 Å². The van der Waals surface area contributed by atoms with Gasteiger partial charge in [0.1, 0.15) is 5.75 Å². The van der Waals surface area contributed by atoms with Crippen LogP contribution in [0.2, 0.25) is 0 Å². The molecule has 0 aliphatic carbocycles. The Balaban J connectivity index is 2.46. The van der Waals surface area contributed by atoms with Crippen LogP contribution in [0.15, 0.2) is 36.4 Å². The summed E-state index contributed by atoms with van der Waals surface area (Å²) in [5.41, 5.74) is 9.22. The van der Waals surface area contributed by atoms with Crippen molar-refractivity contribution in [1.29, 1.82) is 0 Å². The Kier molecular flexibility index (Phi) is 3.51. The lowest BCUT2D eigenvalue weighted by molar-refractivity contribution is 0.243. The molecule has 0 aliphatic heterocycles. The molecule has 0 atom stereocenters. The zero-order chi connectivity index (χ0) is 13.1. The fraction of sp³-hybridized carbons (Fsp3) is 0.267. The van der Waals surface area contributed by atoms with Crippen LogP contribution in [0.4, 0.5) is 5.69 Å². The number of nitrogens with two attached hydrogens (primary N) is 1. The van der Waals surface area contributed by atoms with Crippen molar-refractivity contribution >= 4 is 5.69 Å². The number of hydrogen-bond acceptors (Lipinski definition) is 3. The summed E-state index contributed by atoms with van der Waals surface area (Å²) >= 11 is 0. The standard InChI is InChI=1S/C15H18N2O/c1-10(2)18-15-7-5-4-6-12(15)14-9-8-13(16)11(3)17-14/h4-10H,16H2,1-3H3. The minimum atomic E-state index is 0.140. The Morgan fingerprint density at radius 2 is 1.83 bits per heavy atom. The maximum atomic E-state index is 5.80. The molecule has 0 unspecified atom stereocenters. The van der Waals surface area contributed by atoms with Crippen molar-refractivity contribution in [1.82, 2.24) is 4.98 Å². The monoisotopic (exact) mass is 242 g/mol. The van der Waals surface area contributed by atoms with E-state index >= 15 is 0 Å². The maximum absolute atomic E-state index is 5.80. The second-order valence-corrected chi connectivity index (χ2v) is 4.53. The second-order valence-electron chi connectivity index (χ2n) is 4.53. The molecule has 1 aromatic carbocycles. The lowest BCUT2D eigenvalue weighted by atomic mass is 10.1. The van der Waals surface area contributed by atoms with Gasteiger partial charge in [0.05, 0.1) is 23.2 Å². The number of nitrogens with zero attached hydrogens (tertiary/aromatic N) is 1. The largest absolute Gasteiger partial charge is 0.490 e. The first-order chi connectivity index (χ1) is 8.58. The number of aromatic nitrogens is 1. The van der Waals surface area contributed by atoms with Crippen LogP contribution in [-0.2, 0) is 0 Å². The van der Waals surface area contributed by atoms with E-state index in [2.05, 4.69) is 4.98 Å². The Hall–Kier alpha value is -2.03. The maximum Gasteiger partial charge on any atom is 0.129 e. The zero-order valence-corrected chi connectivity index (χ0v) is 11.0. The SMILES string of the molecule is Cc1nc(-c2ccccc2OC(C)C)ccc1N. The van der Waals surface area contributed by atoms with E-state index in [1.165, 1.54) is 0 Å². The van der Waals surface area contributed by atoms with Crippen LogP contribution in [0.25, 0.3) is 11.3 Å². The van der Waals surface area contributed by atoms with Crippen LogP contribution < -0.4 is 10.5 Å². The third-order valence-electron chi connectivity index (χ3n) is 2.65. The summed E-state index contributed by atoms with van der Waals surface area (Å²) in [6.07, 6.45) is 0.140. The Bertz CT molecular complexity index is 550. The van der Waals surface area contributed by atoms with E-state index < -0.39 is 0 Å². The number of benzene rings is 1. The van der Waals surface area contributed by atoms with E-state index in [1.54, 1.807) is 0 Å². The molecule has 0 amide bonds. The third kappa shape index (κ3) is 2.62. The fourth-order valence-electron chi connectivity index (χ4n) is 1.76. The van der Waals surface area contributed by atoms with Crippen molar-refractivity contribution < 1.29 is 4.74 Å². The Morgan fingerprint density at radius 1 is 1.11 bits per heavy atom. The molecule has 0 fully saturated rings. The number of aryl methyl sites for hydroxylation is 1. The van der Waals surface area contributed by atoms with Crippen molar-refractivity contribution in [3.63, 3.8) is 0 Å². The highest BCUT2D eigenvalue weighted by molar-refractivity contribution is 5.68. The highest BCUT2D eigenvalue weighted by atomic mass is 16.5. The highest BCUT2D eigenvalue weighted by Gasteiger charge is 2.09. The highest BCUT2D eigenvalue weighted by Crippen LogP contribution is 2.30. The predicted molar refractivity (Wildman–Crippen MR) is 74.6 cm³/mol. The van der Waals surface area contributed by atoms with Crippen LogP contribution in [0.5, 0.6) is 5.75 Å². The first-order valence-corrected chi connectivity index (χ1v) is 6.07. The van der Waals surface area contributed by atoms with Crippen molar-refractivity contribution in [3.8, 4) is 17.0 Å². The molecule has 2 aromatic rings. The predicted octanol–water partition coefficient (Wildman–Crippen LogP) is 3.43. The molecule has 0 aliphatic rings. The van der Waals surface area contributed by atoms with Crippen LogP contribution in [0, 0.1) is 6.92 Å². The number of hydrogen-bond donors (Lipinski definition) is 1. The lowest BCUT2D eigenvalue weighted by Crippen LogP contribution is -2.06. The average Bonchev–Trinajstić information content (AvgIpc) is 2.33. The number of anilines is 1. The quantitative estimate of drug-likeness (QED) is 0.897. The summed E-state index contributed by atoms with van der Waals surface area (Å²) in [6, 6.07) is 11.7. The van der Waals surface area contributed by atoms with Gasteiger partial charge in [-0.25, -0.2) is 0 Å². The van der Waals surface area contributed by atoms with Gasteiger partial charge < -0.3 is 10.5 Å². The molecular weight excluding hydrogens is 224 g/mol. The first kappa shape index (κ1) is 12.4. The minimum absolute atomic E-state index is 0.140. The van der Waals surface area contributed by atoms with Gasteiger partial charge in [0.2, 0.25) is 0 Å². The average molecular weight is 242 g/mol. The first-order valence-electron chi connectivity index (χ1n) is 6.07. The molecule has 2 N–H and O–H groups in total. The summed E-state index contributed by atoms with van der Waals surface area (Å²) in [4.78, 5) is 4.51. The molecule has 3 nitrogen and oxygen atoms in total. The number of nitrogen functional groups attached to an aromatic ring is 1. The van der Waals surface area contributed by atoms with Gasteiger partial charge >= 0.3 is 0 Å². The van der Waals surface area contributed by atoms with Crippen LogP contribution in [0.3, 0.4) is 0 Å². The number of ether oxygens (including phenoxy) is 1. The molecule has 18 heavy (non-hydrogen) atoms. The minimum Gasteiger partial charge on any atom is -0.490 e. The van der Waals surface area contributed by atoms with Crippen LogP contribution >= 0.6 is 0 Å². The molecule has 94 valence electrons. The van der Waals surface area contributed by atoms with Crippen molar-refractivity contribution in [2.24, 2.45) is 0 Å². The van der Waals surface area contributed by atoms with Gasteiger partial charge in [-0.05, 0) is 45.0 Å². The number of pyridine rings is 1. The summed E-state index contributed by atoms with van der Waals surface area (Å²) in [6.45, 7) is 5.93. The normalized spacial score (nSPS) is 10.7. The van der Waals surface area contributed by atoms with Gasteiger partial charge in [0.25, 0.3) is 0 Å². The zero-order valence-electron chi connectivity index (χ0n) is 11.0. The fourth-order valence-corrected chi connectivity index (χ4v) is 1.76. The summed E-state index contributed by atoms with van der Waals surface area (Å²) in [5, 5.41) is 0. The Labute approximate surface area is 108 Å². The van der Waals surface area contributed by atoms with Crippen molar-refractivity contribution in [2.45, 2.75) is 26.9 Å². The molecule has 0 saturated heterocycles. The van der Waals surface area contributed by atoms with E-state index in [4.69, 9.17) is 10.5 Å². The van der Waals surface area contributed by atoms with Crippen LogP contribution in [0.1, 0.15) is 19.5 Å². The number of rotatable bonds is 3. The molecule has 0 bridgehead atoms. The molecular formula is C15H18N2O. The molecule has 0 spiro atoms. The Morgan fingerprint density at radius 3 is 2.50 bits per heavy atom. The molecule has 0 radical (unpaired) electrons. The van der Waals surface area contributed by atoms with Crippen LogP contribution in [-0.4, -0.2) is 11.1 Å². The van der Waals surface area contributed by atoms with Crippen molar-refractivity contribution in [2.75, 3.05) is 5.73 Å². The van der Waals surface area contributed by atoms with Gasteiger partial charge in [-0.3, -0.25) is 4.98 Å². The summed E-state index contributed by atoms with van der Waals surface area (Å²) in [5.74, 6) is 0.851. The molecule has 1 aromatic heterocycles. The molecule has 2 rings (SSSR count). The van der Waals surface area contributed by atoms with Gasteiger partial charge in [-0.1, -0.05) is 12.1 Å². The molecule has 0 saturated carbocycles. The lowest BCUT2D eigenvalue weighted by Gasteiger charge is -2.14. The van der Waals surface area contributed by atoms with Gasteiger partial charge in [-0.15, -0.1) is 0 Å².